The molecule has 1 saturated carbocycles. The fourth-order valence-corrected chi connectivity index (χ4v) is 10.1. The molecule has 3 aromatic rings. The number of nitrogens with zero attached hydrogens (tertiary/aromatic N) is 4. The summed E-state index contributed by atoms with van der Waals surface area (Å²) in [6, 6.07) is 13.0. The number of aldehydes is 1. The first-order valence-electron chi connectivity index (χ1n) is 21.7. The molecule has 8 unspecified atom stereocenters. The van der Waals surface area contributed by atoms with Gasteiger partial charge in [-0.2, -0.15) is 9.98 Å². The number of amides is 1. The second kappa shape index (κ2) is 17.9. The van der Waals surface area contributed by atoms with Crippen molar-refractivity contribution in [1.29, 1.82) is 0 Å². The van der Waals surface area contributed by atoms with Gasteiger partial charge in [0.25, 0.3) is 0 Å². The van der Waals surface area contributed by atoms with Crippen LogP contribution in [-0.2, 0) is 25.7 Å². The third-order valence-electron chi connectivity index (χ3n) is 13.2. The molecule has 4 aliphatic heterocycles. The number of amidine groups is 1. The van der Waals surface area contributed by atoms with E-state index in [4.69, 9.17) is 24.7 Å². The standard InChI is InChI=1S/C46H49N5O14/c47-45-49-42-33(43(61)50-45)48-21-51(42)30-8-2-1-7-26(30)31-23(6-5-14-52)19-63-46(12-3-4-13-46)41-37(59)36(58)38(60)44(65-41)64-39-29(31)17-28-32(40(39)62-20-24(55)11-15-53)35(57)27-16-22(18-54)9-10-25(27)34(28)56/h1-2,7-10,15-17,23-24,31,36-38,41,44,52,54-55,58-60H,3-6,11-14,18-21H2,(H2,47,50,61). The van der Waals surface area contributed by atoms with Gasteiger partial charge in [-0.15, -0.1) is 0 Å². The number of aliphatic hydroxyl groups excluding tert-OH is 6. The topological polar surface area (TPSA) is 293 Å². The summed E-state index contributed by atoms with van der Waals surface area (Å²) in [5, 5.41) is 66.1. The predicted molar refractivity (Wildman–Crippen MR) is 229 cm³/mol. The number of guanidine groups is 1. The first-order chi connectivity index (χ1) is 31.4. The molecular formula is C46H49N5O14. The van der Waals surface area contributed by atoms with Gasteiger partial charge in [0.05, 0.1) is 30.5 Å². The molecule has 4 heterocycles. The molecule has 65 heavy (non-hydrogen) atoms. The van der Waals surface area contributed by atoms with Crippen molar-refractivity contribution in [2.45, 2.75) is 99.9 Å². The van der Waals surface area contributed by atoms with Crippen molar-refractivity contribution in [3.63, 3.8) is 0 Å². The highest BCUT2D eigenvalue weighted by Crippen LogP contribution is 2.53. The largest absolute Gasteiger partial charge is 0.486 e. The molecule has 8 N–H and O–H groups in total. The fraction of sp³-hybridized carbons (Fsp3) is 0.457. The number of aliphatic hydroxyl groups is 6. The highest BCUT2D eigenvalue weighted by atomic mass is 16.7. The van der Waals surface area contributed by atoms with Crippen LogP contribution in [0.5, 0.6) is 11.5 Å². The number of rotatable bonds is 11. The number of aliphatic imine (C=N–C) groups is 3. The number of hydrogen-bond acceptors (Lipinski definition) is 18. The molecule has 19 heteroatoms. The SMILES string of the molecule is NC1=NC(=O)C2=NCN(c3ccccc3C3c4cc5c(c(OCC(O)CC=O)c4OC4OC(C(O)C(O)C4O)C4(CCCC4)OCC3CCCO)C(=O)c3cc(CO)ccc3C5=O)C2=N1. The quantitative estimate of drug-likeness (QED) is 0.103. The minimum atomic E-state index is -1.90. The third kappa shape index (κ3) is 7.74. The smallest absolute Gasteiger partial charge is 0.302 e. The Morgan fingerprint density at radius 1 is 0.938 bits per heavy atom. The van der Waals surface area contributed by atoms with Crippen molar-refractivity contribution in [3.05, 3.63) is 87.5 Å². The number of ether oxygens (including phenoxy) is 4. The van der Waals surface area contributed by atoms with Crippen LogP contribution in [0.3, 0.4) is 0 Å². The number of anilines is 1. The average Bonchev–Trinajstić information content (AvgIpc) is 3.96. The van der Waals surface area contributed by atoms with Crippen LogP contribution in [0.2, 0.25) is 0 Å². The second-order valence-corrected chi connectivity index (χ2v) is 17.2. The molecule has 1 amide bonds. The Hall–Kier alpha value is -5.77. The van der Waals surface area contributed by atoms with Gasteiger partial charge in [0.15, 0.2) is 34.6 Å². The molecule has 2 fully saturated rings. The summed E-state index contributed by atoms with van der Waals surface area (Å²) < 4.78 is 26.6. The van der Waals surface area contributed by atoms with Crippen molar-refractivity contribution >= 4 is 47.0 Å². The Bertz CT molecular complexity index is 2520. The number of ketones is 2. The molecule has 9 rings (SSSR count). The number of nitrogens with two attached hydrogens (primary N) is 1. The van der Waals surface area contributed by atoms with E-state index >= 15 is 0 Å². The summed E-state index contributed by atoms with van der Waals surface area (Å²) in [5.74, 6) is -4.28. The van der Waals surface area contributed by atoms with Gasteiger partial charge in [-0.3, -0.25) is 19.4 Å². The van der Waals surface area contributed by atoms with E-state index in [1.54, 1.807) is 23.1 Å². The van der Waals surface area contributed by atoms with Crippen LogP contribution in [-0.4, -0.2) is 141 Å². The first kappa shape index (κ1) is 44.4. The zero-order valence-corrected chi connectivity index (χ0v) is 35.1. The molecule has 19 nitrogen and oxygen atoms in total. The zero-order chi connectivity index (χ0) is 45.7. The summed E-state index contributed by atoms with van der Waals surface area (Å²) in [4.78, 5) is 68.6. The number of para-hydroxylation sites is 1. The van der Waals surface area contributed by atoms with Gasteiger partial charge in [-0.05, 0) is 67.0 Å². The normalized spacial score (nSPS) is 27.3. The highest BCUT2D eigenvalue weighted by Gasteiger charge is 2.57. The number of carbonyl (C=O) groups excluding carboxylic acids is 4. The number of fused-ring (bicyclic) bond motifs is 7. The van der Waals surface area contributed by atoms with Gasteiger partial charge in [-0.1, -0.05) is 37.1 Å². The van der Waals surface area contributed by atoms with Crippen LogP contribution >= 0.6 is 0 Å². The van der Waals surface area contributed by atoms with Crippen molar-refractivity contribution < 1.29 is 68.8 Å². The maximum Gasteiger partial charge on any atom is 0.302 e. The molecule has 2 bridgehead atoms. The van der Waals surface area contributed by atoms with E-state index in [2.05, 4.69) is 15.0 Å². The summed E-state index contributed by atoms with van der Waals surface area (Å²) in [6.07, 6.45) is -6.88. The van der Waals surface area contributed by atoms with Gasteiger partial charge in [0, 0.05) is 46.9 Å². The Morgan fingerprint density at radius 2 is 1.72 bits per heavy atom. The molecule has 2 aliphatic carbocycles. The first-order valence-corrected chi connectivity index (χ1v) is 21.7. The molecule has 1 spiro atoms. The van der Waals surface area contributed by atoms with E-state index in [0.29, 0.717) is 48.8 Å². The van der Waals surface area contributed by atoms with Crippen LogP contribution in [0.15, 0.2) is 63.5 Å². The molecule has 0 radical (unpaired) electrons. The molecule has 342 valence electrons. The summed E-state index contributed by atoms with van der Waals surface area (Å²) in [7, 11) is 0. The molecule has 8 atom stereocenters. The Kier molecular flexibility index (Phi) is 12.2. The molecule has 1 saturated heterocycles. The minimum absolute atomic E-state index is 0.00943. The van der Waals surface area contributed by atoms with Crippen LogP contribution < -0.4 is 20.1 Å². The molecular weight excluding hydrogens is 847 g/mol. The van der Waals surface area contributed by atoms with E-state index in [-0.39, 0.29) is 96.0 Å². The van der Waals surface area contributed by atoms with Gasteiger partial charge in [-0.25, -0.2) is 0 Å². The predicted octanol–water partition coefficient (Wildman–Crippen LogP) is 0.805. The van der Waals surface area contributed by atoms with Crippen molar-refractivity contribution in [3.8, 4) is 11.5 Å². The van der Waals surface area contributed by atoms with E-state index < -0.39 is 84.9 Å². The average molecular weight is 896 g/mol. The lowest BCUT2D eigenvalue weighted by Crippen LogP contribution is -2.65. The van der Waals surface area contributed by atoms with Crippen molar-refractivity contribution in [2.75, 3.05) is 31.4 Å². The number of hydrogen-bond donors (Lipinski definition) is 7. The third-order valence-corrected chi connectivity index (χ3v) is 13.2. The maximum absolute atomic E-state index is 14.9. The monoisotopic (exact) mass is 895 g/mol. The van der Waals surface area contributed by atoms with Crippen molar-refractivity contribution in [2.24, 2.45) is 26.6 Å². The zero-order valence-electron chi connectivity index (χ0n) is 35.1. The van der Waals surface area contributed by atoms with Crippen LogP contribution in [0.1, 0.15) is 99.4 Å². The molecule has 3 aromatic carbocycles. The van der Waals surface area contributed by atoms with Crippen LogP contribution in [0.25, 0.3) is 0 Å². The highest BCUT2D eigenvalue weighted by molar-refractivity contribution is 6.72. The summed E-state index contributed by atoms with van der Waals surface area (Å²) in [6.45, 7) is -1.37. The summed E-state index contributed by atoms with van der Waals surface area (Å²) in [5.41, 5.74) is 5.93. The van der Waals surface area contributed by atoms with Gasteiger partial charge in [0.2, 0.25) is 12.2 Å². The van der Waals surface area contributed by atoms with Crippen molar-refractivity contribution in [1.82, 2.24) is 0 Å². The molecule has 6 aliphatic rings. The van der Waals surface area contributed by atoms with Gasteiger partial charge in [0.1, 0.15) is 44.0 Å². The summed E-state index contributed by atoms with van der Waals surface area (Å²) >= 11 is 0. The van der Waals surface area contributed by atoms with E-state index in [9.17, 15) is 49.8 Å². The lowest BCUT2D eigenvalue weighted by atomic mass is 9.74. The van der Waals surface area contributed by atoms with E-state index in [1.165, 1.54) is 24.3 Å². The Balaban J connectivity index is 1.34. The van der Waals surface area contributed by atoms with Crippen LogP contribution in [0.4, 0.5) is 5.69 Å². The molecule has 0 aromatic heterocycles. The van der Waals surface area contributed by atoms with Gasteiger partial charge < -0.3 is 65.0 Å². The van der Waals surface area contributed by atoms with Crippen LogP contribution in [0, 0.1) is 5.92 Å². The van der Waals surface area contributed by atoms with Gasteiger partial charge >= 0.3 is 5.91 Å². The maximum atomic E-state index is 14.9. The number of benzene rings is 3. The van der Waals surface area contributed by atoms with E-state index in [0.717, 1.165) is 0 Å². The second-order valence-electron chi connectivity index (χ2n) is 17.2. The Morgan fingerprint density at radius 3 is 2.48 bits per heavy atom. The fourth-order valence-electron chi connectivity index (χ4n) is 10.1. The lowest BCUT2D eigenvalue weighted by Gasteiger charge is -2.47. The number of carbonyl (C=O) groups is 4. The minimum Gasteiger partial charge on any atom is -0.486 e. The Labute approximate surface area is 371 Å². The van der Waals surface area contributed by atoms with E-state index in [1.807, 2.05) is 6.07 Å². The lowest BCUT2D eigenvalue weighted by molar-refractivity contribution is -0.310.